The van der Waals surface area contributed by atoms with E-state index in [1.807, 2.05) is 54.6 Å². The fraction of sp³-hybridized carbons (Fsp3) is 0.208. The van der Waals surface area contributed by atoms with Gasteiger partial charge in [-0.3, -0.25) is 9.78 Å². The number of carbonyl (C=O) groups is 1. The molecule has 0 saturated carbocycles. The molecule has 2 aromatic heterocycles. The van der Waals surface area contributed by atoms with Gasteiger partial charge in [-0.25, -0.2) is 4.98 Å². The molecule has 1 saturated heterocycles. The summed E-state index contributed by atoms with van der Waals surface area (Å²) in [6.45, 7) is 3.25. The lowest BCUT2D eigenvalue weighted by molar-refractivity contribution is -0.115. The Kier molecular flexibility index (Phi) is 5.60. The molecule has 6 nitrogen and oxygen atoms in total. The monoisotopic (exact) mass is 430 g/mol. The molecule has 0 spiro atoms. The SMILES string of the molecule is O=C(Cc1cccc2cccnc12)Nc1ccc(-c2csc(N3CCOCC3)n2)cc1. The number of para-hydroxylation sites is 1. The van der Waals surface area contributed by atoms with Crippen LogP contribution in [0.2, 0.25) is 0 Å². The Bertz CT molecular complexity index is 1190. The summed E-state index contributed by atoms with van der Waals surface area (Å²) < 4.78 is 5.41. The van der Waals surface area contributed by atoms with Gasteiger partial charge in [0.25, 0.3) is 0 Å². The number of hydrogen-bond acceptors (Lipinski definition) is 6. The van der Waals surface area contributed by atoms with Gasteiger partial charge in [-0.1, -0.05) is 36.4 Å². The molecule has 3 heterocycles. The molecule has 2 aromatic carbocycles. The minimum Gasteiger partial charge on any atom is -0.378 e. The summed E-state index contributed by atoms with van der Waals surface area (Å²) in [4.78, 5) is 24.1. The normalized spacial score (nSPS) is 14.0. The van der Waals surface area contributed by atoms with Crippen molar-refractivity contribution in [3.05, 3.63) is 71.7 Å². The van der Waals surface area contributed by atoms with Crippen LogP contribution in [0.15, 0.2) is 66.2 Å². The van der Waals surface area contributed by atoms with Gasteiger partial charge in [0.15, 0.2) is 5.13 Å². The van der Waals surface area contributed by atoms with Gasteiger partial charge in [0.1, 0.15) is 0 Å². The van der Waals surface area contributed by atoms with E-state index in [1.54, 1.807) is 17.5 Å². The van der Waals surface area contributed by atoms with Crippen molar-refractivity contribution in [2.45, 2.75) is 6.42 Å². The van der Waals surface area contributed by atoms with Crippen LogP contribution < -0.4 is 10.2 Å². The number of benzene rings is 2. The summed E-state index contributed by atoms with van der Waals surface area (Å²) in [7, 11) is 0. The van der Waals surface area contributed by atoms with Gasteiger partial charge in [-0.2, -0.15) is 0 Å². The standard InChI is InChI=1S/C24H22N4O2S/c29-22(15-19-4-1-3-18-5-2-10-25-23(18)19)26-20-8-6-17(7-9-20)21-16-31-24(27-21)28-11-13-30-14-12-28/h1-10,16H,11-15H2,(H,26,29). The number of aromatic nitrogens is 2. The number of hydrogen-bond donors (Lipinski definition) is 1. The number of thiazole rings is 1. The second-order valence-corrected chi connectivity index (χ2v) is 8.25. The summed E-state index contributed by atoms with van der Waals surface area (Å²) >= 11 is 1.65. The number of nitrogens with zero attached hydrogens (tertiary/aromatic N) is 3. The molecule has 1 fully saturated rings. The number of morpholine rings is 1. The molecule has 1 aliphatic heterocycles. The summed E-state index contributed by atoms with van der Waals surface area (Å²) in [5, 5.41) is 7.13. The third-order valence-corrected chi connectivity index (χ3v) is 6.21. The average molecular weight is 431 g/mol. The van der Waals surface area contributed by atoms with Gasteiger partial charge in [0.2, 0.25) is 5.91 Å². The number of carbonyl (C=O) groups excluding carboxylic acids is 1. The zero-order valence-electron chi connectivity index (χ0n) is 17.0. The van der Waals surface area contributed by atoms with E-state index in [2.05, 4.69) is 20.6 Å². The van der Waals surface area contributed by atoms with Crippen LogP contribution in [0.4, 0.5) is 10.8 Å². The van der Waals surface area contributed by atoms with Gasteiger partial charge in [0.05, 0.1) is 30.8 Å². The molecule has 0 unspecified atom stereocenters. The van der Waals surface area contributed by atoms with Crippen molar-refractivity contribution in [3.8, 4) is 11.3 Å². The van der Waals surface area contributed by atoms with Crippen molar-refractivity contribution in [2.75, 3.05) is 36.5 Å². The quantitative estimate of drug-likeness (QED) is 0.509. The van der Waals surface area contributed by atoms with Crippen molar-refractivity contribution >= 4 is 39.0 Å². The molecule has 0 atom stereocenters. The highest BCUT2D eigenvalue weighted by Gasteiger charge is 2.15. The number of fused-ring (bicyclic) bond motifs is 1. The first-order chi connectivity index (χ1) is 15.3. The highest BCUT2D eigenvalue weighted by molar-refractivity contribution is 7.14. The first kappa shape index (κ1) is 19.7. The molecular formula is C24H22N4O2S. The molecule has 5 rings (SSSR count). The van der Waals surface area contributed by atoms with Gasteiger partial charge >= 0.3 is 0 Å². The minimum atomic E-state index is -0.0610. The van der Waals surface area contributed by atoms with Gasteiger partial charge in [0, 0.05) is 41.3 Å². The smallest absolute Gasteiger partial charge is 0.228 e. The van der Waals surface area contributed by atoms with Crippen LogP contribution in [-0.2, 0) is 16.0 Å². The molecule has 1 amide bonds. The van der Waals surface area contributed by atoms with Crippen LogP contribution in [0.1, 0.15) is 5.56 Å². The maximum Gasteiger partial charge on any atom is 0.228 e. The average Bonchev–Trinajstić information content (AvgIpc) is 3.31. The Labute approximate surface area is 184 Å². The number of amides is 1. The maximum atomic E-state index is 12.6. The van der Waals surface area contributed by atoms with E-state index < -0.39 is 0 Å². The van der Waals surface area contributed by atoms with E-state index in [1.165, 1.54) is 0 Å². The first-order valence-electron chi connectivity index (χ1n) is 10.3. The molecule has 0 aliphatic carbocycles. The molecule has 31 heavy (non-hydrogen) atoms. The third kappa shape index (κ3) is 4.42. The predicted octanol–water partition coefficient (Wildman–Crippen LogP) is 4.38. The minimum absolute atomic E-state index is 0.0610. The van der Waals surface area contributed by atoms with Crippen molar-refractivity contribution in [1.82, 2.24) is 9.97 Å². The summed E-state index contributed by atoms with van der Waals surface area (Å²) in [6.07, 6.45) is 2.04. The van der Waals surface area contributed by atoms with Crippen molar-refractivity contribution in [2.24, 2.45) is 0 Å². The van der Waals surface area contributed by atoms with E-state index in [-0.39, 0.29) is 12.3 Å². The summed E-state index contributed by atoms with van der Waals surface area (Å²) in [5.41, 5.74) is 4.55. The second-order valence-electron chi connectivity index (χ2n) is 7.41. The highest BCUT2D eigenvalue weighted by atomic mass is 32.1. The van der Waals surface area contributed by atoms with Crippen LogP contribution >= 0.6 is 11.3 Å². The molecule has 1 aliphatic rings. The van der Waals surface area contributed by atoms with Crippen molar-refractivity contribution in [1.29, 1.82) is 0 Å². The number of rotatable bonds is 5. The zero-order valence-corrected chi connectivity index (χ0v) is 17.8. The topological polar surface area (TPSA) is 67.4 Å². The Morgan fingerprint density at radius 2 is 1.87 bits per heavy atom. The number of nitrogens with one attached hydrogen (secondary N) is 1. The highest BCUT2D eigenvalue weighted by Crippen LogP contribution is 2.28. The van der Waals surface area contributed by atoms with Gasteiger partial charge in [-0.05, 0) is 23.8 Å². The first-order valence-corrected chi connectivity index (χ1v) is 11.2. The zero-order chi connectivity index (χ0) is 21.0. The van der Waals surface area contributed by atoms with Crippen LogP contribution in [0.3, 0.4) is 0 Å². The van der Waals surface area contributed by atoms with E-state index >= 15 is 0 Å². The van der Waals surface area contributed by atoms with Crippen LogP contribution in [-0.4, -0.2) is 42.2 Å². The molecule has 0 radical (unpaired) electrons. The third-order valence-electron chi connectivity index (χ3n) is 5.31. The molecule has 156 valence electrons. The van der Waals surface area contributed by atoms with Gasteiger partial charge in [-0.15, -0.1) is 11.3 Å². The van der Waals surface area contributed by atoms with E-state index in [9.17, 15) is 4.79 Å². The molecule has 7 heteroatoms. The lowest BCUT2D eigenvalue weighted by Crippen LogP contribution is -2.36. The largest absolute Gasteiger partial charge is 0.378 e. The fourth-order valence-corrected chi connectivity index (χ4v) is 4.60. The lowest BCUT2D eigenvalue weighted by atomic mass is 10.1. The Balaban J connectivity index is 1.25. The van der Waals surface area contributed by atoms with Crippen LogP contribution in [0.25, 0.3) is 22.2 Å². The molecular weight excluding hydrogens is 408 g/mol. The number of anilines is 2. The molecule has 0 bridgehead atoms. The van der Waals surface area contributed by atoms with Gasteiger partial charge < -0.3 is 15.0 Å². The summed E-state index contributed by atoms with van der Waals surface area (Å²) in [6, 6.07) is 17.6. The lowest BCUT2D eigenvalue weighted by Gasteiger charge is -2.26. The summed E-state index contributed by atoms with van der Waals surface area (Å²) in [5.74, 6) is -0.0610. The maximum absolute atomic E-state index is 12.6. The number of ether oxygens (including phenoxy) is 1. The van der Waals surface area contributed by atoms with Crippen LogP contribution in [0, 0.1) is 0 Å². The Morgan fingerprint density at radius 1 is 1.06 bits per heavy atom. The number of pyridine rings is 1. The van der Waals surface area contributed by atoms with E-state index in [0.29, 0.717) is 0 Å². The van der Waals surface area contributed by atoms with Crippen LogP contribution in [0.5, 0.6) is 0 Å². The second kappa shape index (κ2) is 8.83. The molecule has 4 aromatic rings. The van der Waals surface area contributed by atoms with Crippen molar-refractivity contribution < 1.29 is 9.53 Å². The molecule has 1 N–H and O–H groups in total. The fourth-order valence-electron chi connectivity index (χ4n) is 3.71. The van der Waals surface area contributed by atoms with E-state index in [0.717, 1.165) is 64.8 Å². The Hall–Kier alpha value is -3.29. The van der Waals surface area contributed by atoms with Crippen molar-refractivity contribution in [3.63, 3.8) is 0 Å². The van der Waals surface area contributed by atoms with E-state index in [4.69, 9.17) is 9.72 Å². The Morgan fingerprint density at radius 3 is 2.71 bits per heavy atom. The predicted molar refractivity (Wildman–Crippen MR) is 125 cm³/mol.